The van der Waals surface area contributed by atoms with Crippen LogP contribution in [0, 0.1) is 17.8 Å². The van der Waals surface area contributed by atoms with Crippen LogP contribution in [-0.2, 0) is 14.3 Å². The van der Waals surface area contributed by atoms with E-state index in [4.69, 9.17) is 4.74 Å². The van der Waals surface area contributed by atoms with Gasteiger partial charge in [-0.1, -0.05) is 44.2 Å². The minimum absolute atomic E-state index is 0.111. The maximum absolute atomic E-state index is 13.3. The summed E-state index contributed by atoms with van der Waals surface area (Å²) < 4.78 is 6.11. The SMILES string of the molecule is CC1CC2OC3=C(C(=O)C2CC1C)C(c1ccccc1)N(C)C3=O. The highest BCUT2D eigenvalue weighted by Gasteiger charge is 2.52. The Morgan fingerprint density at radius 1 is 1.04 bits per heavy atom. The van der Waals surface area contributed by atoms with Crippen molar-refractivity contribution in [1.82, 2.24) is 4.90 Å². The molecule has 1 aliphatic carbocycles. The summed E-state index contributed by atoms with van der Waals surface area (Å²) in [6.45, 7) is 4.41. The molecule has 4 rings (SSSR count). The summed E-state index contributed by atoms with van der Waals surface area (Å²) in [5.41, 5.74) is 1.53. The van der Waals surface area contributed by atoms with Gasteiger partial charge in [-0.25, -0.2) is 0 Å². The molecular weight excluding hydrogens is 302 g/mol. The van der Waals surface area contributed by atoms with Gasteiger partial charge in [0.2, 0.25) is 0 Å². The van der Waals surface area contributed by atoms with E-state index in [-0.39, 0.29) is 29.8 Å². The number of hydrogen-bond acceptors (Lipinski definition) is 3. The van der Waals surface area contributed by atoms with Gasteiger partial charge in [0, 0.05) is 7.05 Å². The van der Waals surface area contributed by atoms with E-state index >= 15 is 0 Å². The number of benzene rings is 1. The maximum atomic E-state index is 13.3. The molecule has 1 amide bonds. The van der Waals surface area contributed by atoms with Crippen LogP contribution in [0.5, 0.6) is 0 Å². The largest absolute Gasteiger partial charge is 0.483 e. The third kappa shape index (κ3) is 2.12. The van der Waals surface area contributed by atoms with Crippen molar-refractivity contribution < 1.29 is 14.3 Å². The molecule has 0 N–H and O–H groups in total. The normalized spacial score (nSPS) is 35.6. The number of nitrogens with zero attached hydrogens (tertiary/aromatic N) is 1. The molecule has 1 fully saturated rings. The summed E-state index contributed by atoms with van der Waals surface area (Å²) in [4.78, 5) is 27.6. The van der Waals surface area contributed by atoms with Crippen LogP contribution in [-0.4, -0.2) is 29.7 Å². The lowest BCUT2D eigenvalue weighted by Crippen LogP contribution is -2.43. The van der Waals surface area contributed by atoms with E-state index in [0.717, 1.165) is 18.4 Å². The molecule has 0 aromatic heterocycles. The van der Waals surface area contributed by atoms with E-state index < -0.39 is 0 Å². The molecule has 2 aliphatic heterocycles. The van der Waals surface area contributed by atoms with Crippen molar-refractivity contribution in [3.63, 3.8) is 0 Å². The maximum Gasteiger partial charge on any atom is 0.289 e. The van der Waals surface area contributed by atoms with E-state index in [0.29, 0.717) is 23.2 Å². The van der Waals surface area contributed by atoms with Gasteiger partial charge < -0.3 is 9.64 Å². The van der Waals surface area contributed by atoms with E-state index in [1.807, 2.05) is 30.3 Å². The summed E-state index contributed by atoms with van der Waals surface area (Å²) in [6.07, 6.45) is 1.55. The molecule has 5 atom stereocenters. The smallest absolute Gasteiger partial charge is 0.289 e. The zero-order valence-corrected chi connectivity index (χ0v) is 14.4. The molecule has 5 unspecified atom stereocenters. The summed E-state index contributed by atoms with van der Waals surface area (Å²) in [5, 5.41) is 0. The lowest BCUT2D eigenvalue weighted by Gasteiger charge is -2.40. The van der Waals surface area contributed by atoms with Crippen molar-refractivity contribution in [2.24, 2.45) is 17.8 Å². The van der Waals surface area contributed by atoms with Crippen LogP contribution >= 0.6 is 0 Å². The van der Waals surface area contributed by atoms with Crippen molar-refractivity contribution >= 4 is 11.7 Å². The number of Topliss-reactive ketones (excluding diaryl/α,β-unsaturated/α-hetero) is 1. The number of likely N-dealkylation sites (N-methyl/N-ethyl adjacent to an activating group) is 1. The van der Waals surface area contributed by atoms with Crippen LogP contribution in [0.15, 0.2) is 41.7 Å². The van der Waals surface area contributed by atoms with Crippen molar-refractivity contribution in [1.29, 1.82) is 0 Å². The Morgan fingerprint density at radius 2 is 1.71 bits per heavy atom. The molecule has 3 aliphatic rings. The van der Waals surface area contributed by atoms with Gasteiger partial charge in [0.1, 0.15) is 6.10 Å². The van der Waals surface area contributed by atoms with Crippen LogP contribution in [0.1, 0.15) is 38.3 Å². The Bertz CT molecular complexity index is 724. The van der Waals surface area contributed by atoms with Crippen molar-refractivity contribution in [2.75, 3.05) is 7.05 Å². The standard InChI is InChI=1S/C20H23NO3/c1-11-9-14-15(10-12(11)2)24-19-16(18(14)22)17(21(3)20(19)23)13-7-5-4-6-8-13/h4-8,11-12,14-15,17H,9-10H2,1-3H3. The van der Waals surface area contributed by atoms with Gasteiger partial charge in [-0.2, -0.15) is 0 Å². The predicted octanol–water partition coefficient (Wildman–Crippen LogP) is 3.10. The molecule has 24 heavy (non-hydrogen) atoms. The molecule has 126 valence electrons. The minimum Gasteiger partial charge on any atom is -0.483 e. The molecule has 1 aromatic carbocycles. The first kappa shape index (κ1) is 15.4. The Hall–Kier alpha value is -2.10. The van der Waals surface area contributed by atoms with Crippen molar-refractivity contribution in [3.05, 3.63) is 47.2 Å². The number of carbonyl (C=O) groups is 2. The van der Waals surface area contributed by atoms with Crippen LogP contribution in [0.2, 0.25) is 0 Å². The molecule has 0 spiro atoms. The van der Waals surface area contributed by atoms with Gasteiger partial charge in [0.15, 0.2) is 11.5 Å². The number of rotatable bonds is 1. The van der Waals surface area contributed by atoms with E-state index in [1.54, 1.807) is 11.9 Å². The van der Waals surface area contributed by atoms with Gasteiger partial charge in [0.25, 0.3) is 5.91 Å². The number of carbonyl (C=O) groups excluding carboxylic acids is 2. The van der Waals surface area contributed by atoms with Crippen LogP contribution in [0.4, 0.5) is 0 Å². The number of amides is 1. The average molecular weight is 325 g/mol. The van der Waals surface area contributed by atoms with Crippen LogP contribution in [0.3, 0.4) is 0 Å². The number of hydrogen-bond donors (Lipinski definition) is 0. The highest BCUT2D eigenvalue weighted by Crippen LogP contribution is 2.47. The summed E-state index contributed by atoms with van der Waals surface area (Å²) in [6, 6.07) is 9.43. The predicted molar refractivity (Wildman–Crippen MR) is 89.9 cm³/mol. The number of ketones is 1. The van der Waals surface area contributed by atoms with E-state index in [9.17, 15) is 9.59 Å². The topological polar surface area (TPSA) is 46.6 Å². The zero-order valence-electron chi connectivity index (χ0n) is 14.4. The van der Waals surface area contributed by atoms with Gasteiger partial charge in [-0.15, -0.1) is 0 Å². The first-order chi connectivity index (χ1) is 11.5. The second-order valence-electron chi connectivity index (χ2n) is 7.53. The lowest BCUT2D eigenvalue weighted by atomic mass is 9.70. The van der Waals surface area contributed by atoms with Crippen LogP contribution < -0.4 is 0 Å². The molecule has 0 bridgehead atoms. The second kappa shape index (κ2) is 5.47. The fourth-order valence-electron chi connectivity index (χ4n) is 4.40. The Labute approximate surface area is 142 Å². The minimum atomic E-state index is -0.322. The van der Waals surface area contributed by atoms with Gasteiger partial charge >= 0.3 is 0 Å². The average Bonchev–Trinajstić information content (AvgIpc) is 2.83. The molecular formula is C20H23NO3. The summed E-state index contributed by atoms with van der Waals surface area (Å²) in [7, 11) is 1.75. The number of fused-ring (bicyclic) bond motifs is 1. The second-order valence-corrected chi connectivity index (χ2v) is 7.53. The summed E-state index contributed by atoms with van der Waals surface area (Å²) >= 11 is 0. The third-order valence-electron chi connectivity index (χ3n) is 6.06. The molecule has 1 saturated carbocycles. The zero-order chi connectivity index (χ0) is 17.0. The van der Waals surface area contributed by atoms with Gasteiger partial charge in [-0.05, 0) is 30.2 Å². The Kier molecular flexibility index (Phi) is 3.52. The molecule has 1 aromatic rings. The Morgan fingerprint density at radius 3 is 2.42 bits per heavy atom. The third-order valence-corrected chi connectivity index (χ3v) is 6.06. The molecule has 2 heterocycles. The highest BCUT2D eigenvalue weighted by atomic mass is 16.5. The van der Waals surface area contributed by atoms with Crippen molar-refractivity contribution in [3.8, 4) is 0 Å². The highest BCUT2D eigenvalue weighted by molar-refractivity contribution is 6.11. The van der Waals surface area contributed by atoms with Gasteiger partial charge in [-0.3, -0.25) is 9.59 Å². The first-order valence-corrected chi connectivity index (χ1v) is 8.76. The summed E-state index contributed by atoms with van der Waals surface area (Å²) in [5.74, 6) is 1.15. The van der Waals surface area contributed by atoms with E-state index in [2.05, 4.69) is 13.8 Å². The number of ether oxygens (including phenoxy) is 1. The molecule has 4 heteroatoms. The van der Waals surface area contributed by atoms with Crippen LogP contribution in [0.25, 0.3) is 0 Å². The molecule has 0 radical (unpaired) electrons. The fraction of sp³-hybridized carbons (Fsp3) is 0.500. The quantitative estimate of drug-likeness (QED) is 0.797. The van der Waals surface area contributed by atoms with Crippen molar-refractivity contribution in [2.45, 2.75) is 38.8 Å². The fourth-order valence-corrected chi connectivity index (χ4v) is 4.40. The lowest BCUT2D eigenvalue weighted by molar-refractivity contribution is -0.136. The Balaban J connectivity index is 1.77. The van der Waals surface area contributed by atoms with E-state index in [1.165, 1.54) is 0 Å². The van der Waals surface area contributed by atoms with Gasteiger partial charge in [0.05, 0.1) is 17.5 Å². The molecule has 4 nitrogen and oxygen atoms in total. The first-order valence-electron chi connectivity index (χ1n) is 8.76. The molecule has 0 saturated heterocycles. The monoisotopic (exact) mass is 325 g/mol.